The highest BCUT2D eigenvalue weighted by atomic mass is 35.5. The van der Waals surface area contributed by atoms with Gasteiger partial charge in [-0.3, -0.25) is 54.5 Å². The van der Waals surface area contributed by atoms with Gasteiger partial charge in [0, 0.05) is 119 Å². The van der Waals surface area contributed by atoms with Crippen molar-refractivity contribution in [1.29, 1.82) is 0 Å². The van der Waals surface area contributed by atoms with E-state index in [9.17, 15) is 44.7 Å². The molecule has 0 aliphatic carbocycles. The lowest BCUT2D eigenvalue weighted by atomic mass is 10.1. The Morgan fingerprint density at radius 3 is 1.03 bits per heavy atom. The van der Waals surface area contributed by atoms with E-state index in [0.717, 1.165) is 128 Å². The number of likely N-dealkylation sites (N-methyl/N-ethyl adjacent to an activating group) is 3. The standard InChI is InChI=1S/C24H32ClN5O5.C24H30ClN5O4.C24H32ClN5O3/c1-2-29(18-22(33)5-3-4-12-28(13-15-31)14-16-32)20-8-6-19(7-9-20)26-27-24-11-10-21(30(34)35)17-23(24)25;1-2-29(18-22(31)5-3-4-12-28-13-15-34-16-14-28)20-8-6-19(7-9-20)26-27-24-11-10-21(30(32)33)17-23(24)25;1-4-28(5-2)16-8-7-9-22(31)18-29(6-3)20-12-10-19(11-13-20)26-27-24-15-14-21(30(32)33)17-23(24)25/h6-11,17,31-32H,2-5,12-16,18H2,1H3;6-11,17H,2-5,12-16,18H2,1H3;10-15,17H,4-9,16,18H2,1-3H3. The first-order valence-corrected chi connectivity index (χ1v) is 35.5. The van der Waals surface area contributed by atoms with Crippen LogP contribution in [0.3, 0.4) is 0 Å². The average molecular weight is 1470 g/mol. The van der Waals surface area contributed by atoms with Gasteiger partial charge in [0.25, 0.3) is 17.1 Å². The predicted molar refractivity (Wildman–Crippen MR) is 402 cm³/mol. The quantitative estimate of drug-likeness (QED) is 0.0156. The smallest absolute Gasteiger partial charge is 0.271 e. The summed E-state index contributed by atoms with van der Waals surface area (Å²) in [5.74, 6) is 0.632. The highest BCUT2D eigenvalue weighted by Gasteiger charge is 2.18. The molecule has 0 radical (unpaired) electrons. The highest BCUT2D eigenvalue weighted by Crippen LogP contribution is 2.34. The minimum atomic E-state index is -0.526. The van der Waals surface area contributed by atoms with Crippen molar-refractivity contribution < 1.29 is 44.1 Å². The van der Waals surface area contributed by atoms with Gasteiger partial charge < -0.3 is 34.5 Å². The number of non-ortho nitro benzene ring substituents is 3. The number of halogens is 3. The number of hydrogen-bond donors (Lipinski definition) is 2. The minimum absolute atomic E-state index is 0.0509. The van der Waals surface area contributed by atoms with E-state index in [0.29, 0.717) is 92.7 Å². The Morgan fingerprint density at radius 2 is 0.745 bits per heavy atom. The fourth-order valence-corrected chi connectivity index (χ4v) is 11.2. The first-order valence-electron chi connectivity index (χ1n) is 34.3. The third kappa shape index (κ3) is 30.5. The molecule has 102 heavy (non-hydrogen) atoms. The van der Waals surface area contributed by atoms with Crippen molar-refractivity contribution in [2.24, 2.45) is 30.7 Å². The van der Waals surface area contributed by atoms with Crippen molar-refractivity contribution in [2.75, 3.05) is 139 Å². The van der Waals surface area contributed by atoms with Crippen LogP contribution in [-0.4, -0.2) is 182 Å². The second-order valence-electron chi connectivity index (χ2n) is 23.6. The number of hydrogen-bond acceptors (Lipinski definition) is 24. The largest absolute Gasteiger partial charge is 0.395 e. The molecule has 0 saturated carbocycles. The van der Waals surface area contributed by atoms with E-state index in [2.05, 4.69) is 54.3 Å². The lowest BCUT2D eigenvalue weighted by Gasteiger charge is -2.26. The molecule has 6 aromatic rings. The van der Waals surface area contributed by atoms with E-state index in [-0.39, 0.29) is 62.7 Å². The molecule has 1 saturated heterocycles. The Morgan fingerprint density at radius 1 is 0.431 bits per heavy atom. The van der Waals surface area contributed by atoms with Gasteiger partial charge in [-0.1, -0.05) is 48.7 Å². The van der Waals surface area contributed by atoms with Gasteiger partial charge in [-0.2, -0.15) is 15.3 Å². The van der Waals surface area contributed by atoms with Crippen molar-refractivity contribution >= 4 is 120 Å². The molecule has 0 amide bonds. The van der Waals surface area contributed by atoms with E-state index in [1.807, 2.05) is 101 Å². The minimum Gasteiger partial charge on any atom is -0.395 e. The van der Waals surface area contributed by atoms with Gasteiger partial charge in [0.15, 0.2) is 17.3 Å². The number of aliphatic hydroxyl groups is 2. The number of rotatable bonds is 42. The van der Waals surface area contributed by atoms with Crippen LogP contribution in [0.2, 0.25) is 15.1 Å². The molecular formula is C72H94Cl3N15O12. The van der Waals surface area contributed by atoms with Crippen LogP contribution in [0.4, 0.5) is 68.2 Å². The number of azo groups is 3. The van der Waals surface area contributed by atoms with Crippen LogP contribution in [-0.2, 0) is 19.1 Å². The summed E-state index contributed by atoms with van der Waals surface area (Å²) in [6.45, 7) is 23.2. The van der Waals surface area contributed by atoms with Crippen LogP contribution in [0.25, 0.3) is 0 Å². The number of ether oxygens (including phenoxy) is 1. The summed E-state index contributed by atoms with van der Waals surface area (Å²) >= 11 is 18.1. The zero-order valence-corrected chi connectivity index (χ0v) is 61.0. The molecule has 1 heterocycles. The van der Waals surface area contributed by atoms with E-state index < -0.39 is 14.8 Å². The lowest BCUT2D eigenvalue weighted by molar-refractivity contribution is -0.385. The molecular weight excluding hydrogens is 1370 g/mol. The molecule has 27 nitrogen and oxygen atoms in total. The maximum atomic E-state index is 12.5. The number of nitro groups is 3. The maximum absolute atomic E-state index is 12.5. The monoisotopic (exact) mass is 1470 g/mol. The zero-order chi connectivity index (χ0) is 74.2. The summed E-state index contributed by atoms with van der Waals surface area (Å²) in [7, 11) is 0. The number of benzene rings is 6. The third-order valence-electron chi connectivity index (χ3n) is 16.5. The molecule has 6 aromatic carbocycles. The summed E-state index contributed by atoms with van der Waals surface area (Å²) in [4.78, 5) is 81.1. The van der Waals surface area contributed by atoms with Gasteiger partial charge in [0.1, 0.15) is 17.1 Å². The fraction of sp³-hybridized carbons (Fsp3) is 0.458. The molecule has 2 N–H and O–H groups in total. The molecule has 1 aliphatic heterocycles. The number of aliphatic hydroxyl groups excluding tert-OH is 2. The summed E-state index contributed by atoms with van der Waals surface area (Å²) < 4.78 is 5.36. The van der Waals surface area contributed by atoms with E-state index in [1.54, 1.807) is 12.1 Å². The number of carbonyl (C=O) groups excluding carboxylic acids is 3. The molecule has 550 valence electrons. The average Bonchev–Trinajstić information content (AvgIpc) is 0.906. The molecule has 7 rings (SSSR count). The number of morpholine rings is 1. The van der Waals surface area contributed by atoms with Gasteiger partial charge in [-0.25, -0.2) is 0 Å². The molecule has 1 fully saturated rings. The number of nitro benzene ring substituents is 3. The number of anilines is 3. The Hall–Kier alpha value is -8.64. The Labute approximate surface area is 611 Å². The van der Waals surface area contributed by atoms with Crippen molar-refractivity contribution in [1.82, 2.24) is 14.7 Å². The van der Waals surface area contributed by atoms with E-state index >= 15 is 0 Å². The summed E-state index contributed by atoms with van der Waals surface area (Å²) in [5, 5.41) is 75.7. The van der Waals surface area contributed by atoms with Gasteiger partial charge >= 0.3 is 0 Å². The number of Topliss-reactive ketones (excluding diaryl/α,β-unsaturated/α-hetero) is 3. The van der Waals surface area contributed by atoms with Crippen molar-refractivity contribution in [3.8, 4) is 0 Å². The van der Waals surface area contributed by atoms with Crippen LogP contribution >= 0.6 is 34.8 Å². The normalized spacial score (nSPS) is 12.4. The summed E-state index contributed by atoms with van der Waals surface area (Å²) in [6, 6.07) is 34.3. The van der Waals surface area contributed by atoms with Crippen molar-refractivity contribution in [2.45, 2.75) is 92.4 Å². The number of carbonyl (C=O) groups is 3. The Bertz CT molecular complexity index is 3670. The lowest BCUT2D eigenvalue weighted by Crippen LogP contribution is -2.36. The molecule has 1 aliphatic rings. The van der Waals surface area contributed by atoms with E-state index in [4.69, 9.17) is 49.8 Å². The zero-order valence-electron chi connectivity index (χ0n) is 58.7. The van der Waals surface area contributed by atoms with Gasteiger partial charge in [-0.15, -0.1) is 15.3 Å². The number of ketones is 3. The Balaban J connectivity index is 0.000000276. The molecule has 0 atom stereocenters. The summed E-state index contributed by atoms with van der Waals surface area (Å²) in [5.41, 5.74) is 5.33. The molecule has 0 spiro atoms. The first kappa shape index (κ1) is 84.0. The van der Waals surface area contributed by atoms with Crippen LogP contribution in [0.15, 0.2) is 158 Å². The molecule has 0 aromatic heterocycles. The highest BCUT2D eigenvalue weighted by molar-refractivity contribution is 6.33. The van der Waals surface area contributed by atoms with Crippen LogP contribution < -0.4 is 14.7 Å². The van der Waals surface area contributed by atoms with Crippen LogP contribution in [0, 0.1) is 30.3 Å². The summed E-state index contributed by atoms with van der Waals surface area (Å²) in [6.07, 6.45) is 7.13. The Kier molecular flexibility index (Phi) is 38.5. The predicted octanol–water partition coefficient (Wildman–Crippen LogP) is 16.6. The molecule has 0 bridgehead atoms. The first-order chi connectivity index (χ1) is 49.2. The van der Waals surface area contributed by atoms with Crippen LogP contribution in [0.1, 0.15) is 92.4 Å². The van der Waals surface area contributed by atoms with Crippen LogP contribution in [0.5, 0.6) is 0 Å². The molecule has 30 heteroatoms. The SMILES string of the molecule is CCN(CC(=O)CCCCN(CCO)CCO)c1ccc(N=Nc2ccc([N+](=O)[O-])cc2Cl)cc1.CCN(CC(=O)CCCCN1CCOCC1)c1ccc(N=Nc2ccc([N+](=O)[O-])cc2Cl)cc1.CCN(CC)CCCCC(=O)CN(CC)c1ccc(N=Nc2ccc([N+](=O)[O-])cc2Cl)cc1. The molecule has 0 unspecified atom stereocenters. The van der Waals surface area contributed by atoms with Gasteiger partial charge in [-0.05, 0) is 183 Å². The topological polar surface area (TPSA) is 324 Å². The van der Waals surface area contributed by atoms with E-state index in [1.165, 1.54) is 54.6 Å². The van der Waals surface area contributed by atoms with Crippen molar-refractivity contribution in [3.63, 3.8) is 0 Å². The second-order valence-corrected chi connectivity index (χ2v) is 24.8. The second kappa shape index (κ2) is 46.8. The number of unbranched alkanes of at least 4 members (excludes halogenated alkanes) is 3. The van der Waals surface area contributed by atoms with Crippen molar-refractivity contribution in [3.05, 3.63) is 173 Å². The van der Waals surface area contributed by atoms with Gasteiger partial charge in [0.05, 0.1) is 93.0 Å². The maximum Gasteiger partial charge on any atom is 0.271 e. The number of nitrogens with zero attached hydrogens (tertiary/aromatic N) is 15. The van der Waals surface area contributed by atoms with Gasteiger partial charge in [0.2, 0.25) is 0 Å². The third-order valence-corrected chi connectivity index (χ3v) is 17.4. The fourth-order valence-electron chi connectivity index (χ4n) is 10.6.